The molecule has 1 atom stereocenters. The second-order valence-corrected chi connectivity index (χ2v) is 5.42. The molecule has 1 unspecified atom stereocenters. The minimum absolute atomic E-state index is 0.0353. The lowest BCUT2D eigenvalue weighted by Gasteiger charge is -2.23. The van der Waals surface area contributed by atoms with Gasteiger partial charge in [-0.05, 0) is 31.0 Å². The van der Waals surface area contributed by atoms with E-state index < -0.39 is 0 Å². The molecular weight excluding hydrogens is 266 g/mol. The minimum Gasteiger partial charge on any atom is -0.495 e. The number of nitrogens with one attached hydrogen (secondary N) is 1. The first-order valence-electron chi connectivity index (χ1n) is 7.13. The highest BCUT2D eigenvalue weighted by Crippen LogP contribution is 2.27. The monoisotopic (exact) mass is 285 g/mol. The summed E-state index contributed by atoms with van der Waals surface area (Å²) in [7, 11) is 1.61. The molecule has 21 heavy (non-hydrogen) atoms. The van der Waals surface area contributed by atoms with E-state index in [1.165, 1.54) is 0 Å². The van der Waals surface area contributed by atoms with Crippen LogP contribution in [0.4, 0.5) is 5.69 Å². The summed E-state index contributed by atoms with van der Waals surface area (Å²) in [5.74, 6) is 1.67. The third-order valence-corrected chi connectivity index (χ3v) is 3.93. The number of imidazole rings is 1. The molecule has 3 rings (SSSR count). The van der Waals surface area contributed by atoms with Crippen molar-refractivity contribution >= 4 is 11.6 Å². The average molecular weight is 285 g/mol. The number of amides is 1. The van der Waals surface area contributed by atoms with Gasteiger partial charge in [-0.3, -0.25) is 4.79 Å². The maximum absolute atomic E-state index is 12.5. The van der Waals surface area contributed by atoms with Gasteiger partial charge in [0.2, 0.25) is 5.91 Å². The number of hydrogen-bond donors (Lipinski definition) is 1. The summed E-state index contributed by atoms with van der Waals surface area (Å²) in [6.07, 6.45) is 5.28. The van der Waals surface area contributed by atoms with Gasteiger partial charge in [0, 0.05) is 31.3 Å². The molecule has 0 bridgehead atoms. The minimum atomic E-state index is -0.0369. The van der Waals surface area contributed by atoms with Crippen LogP contribution in [0.3, 0.4) is 0 Å². The maximum Gasteiger partial charge on any atom is 0.228 e. The van der Waals surface area contributed by atoms with E-state index in [2.05, 4.69) is 14.9 Å². The van der Waals surface area contributed by atoms with Crippen LogP contribution in [0.1, 0.15) is 17.8 Å². The van der Waals surface area contributed by atoms with Crippen molar-refractivity contribution in [2.75, 3.05) is 12.4 Å². The quantitative estimate of drug-likeness (QED) is 0.942. The van der Waals surface area contributed by atoms with Crippen LogP contribution >= 0.6 is 0 Å². The summed E-state index contributed by atoms with van der Waals surface area (Å²) in [5, 5.41) is 2.99. The Hall–Kier alpha value is -2.30. The molecule has 0 saturated carbocycles. The van der Waals surface area contributed by atoms with Gasteiger partial charge in [0.15, 0.2) is 0 Å². The van der Waals surface area contributed by atoms with Crippen molar-refractivity contribution in [2.45, 2.75) is 26.3 Å². The number of carbonyl (C=O) groups is 1. The standard InChI is InChI=1S/C16H19N3O2/c1-11-3-4-14(21-2)13(9-11)18-16(20)12-5-7-19-8-6-17-15(19)10-12/h3-4,6,8-9,12H,5,7,10H2,1-2H3,(H,18,20). The van der Waals surface area contributed by atoms with Crippen molar-refractivity contribution in [3.63, 3.8) is 0 Å². The number of fused-ring (bicyclic) bond motifs is 1. The number of anilines is 1. The zero-order valence-corrected chi connectivity index (χ0v) is 12.3. The Balaban J connectivity index is 1.74. The van der Waals surface area contributed by atoms with Gasteiger partial charge in [0.25, 0.3) is 0 Å². The second-order valence-electron chi connectivity index (χ2n) is 5.42. The largest absolute Gasteiger partial charge is 0.495 e. The van der Waals surface area contributed by atoms with Gasteiger partial charge in [-0.25, -0.2) is 4.98 Å². The molecule has 1 aliphatic heterocycles. The van der Waals surface area contributed by atoms with Crippen LogP contribution in [0.2, 0.25) is 0 Å². The lowest BCUT2D eigenvalue weighted by Crippen LogP contribution is -2.30. The normalized spacial score (nSPS) is 17.1. The number of hydrogen-bond acceptors (Lipinski definition) is 3. The van der Waals surface area contributed by atoms with Crippen molar-refractivity contribution in [3.8, 4) is 5.75 Å². The van der Waals surface area contributed by atoms with E-state index in [4.69, 9.17) is 4.74 Å². The van der Waals surface area contributed by atoms with Crippen molar-refractivity contribution in [1.29, 1.82) is 0 Å². The van der Waals surface area contributed by atoms with Crippen LogP contribution in [0.15, 0.2) is 30.6 Å². The first-order valence-corrected chi connectivity index (χ1v) is 7.13. The number of benzene rings is 1. The molecule has 1 aliphatic rings. The Bertz CT molecular complexity index is 663. The molecule has 1 aromatic heterocycles. The number of ether oxygens (including phenoxy) is 1. The summed E-state index contributed by atoms with van der Waals surface area (Å²) in [4.78, 5) is 16.8. The molecule has 2 aromatic rings. The highest BCUT2D eigenvalue weighted by atomic mass is 16.5. The van der Waals surface area contributed by atoms with E-state index in [9.17, 15) is 4.79 Å². The number of carbonyl (C=O) groups excluding carboxylic acids is 1. The number of aromatic nitrogens is 2. The van der Waals surface area contributed by atoms with Crippen LogP contribution in [0.5, 0.6) is 5.75 Å². The molecule has 0 spiro atoms. The summed E-state index contributed by atoms with van der Waals surface area (Å²) < 4.78 is 7.41. The Labute approximate surface area is 124 Å². The van der Waals surface area contributed by atoms with Gasteiger partial charge in [-0.15, -0.1) is 0 Å². The summed E-state index contributed by atoms with van der Waals surface area (Å²) in [5.41, 5.74) is 1.82. The van der Waals surface area contributed by atoms with Crippen molar-refractivity contribution in [2.24, 2.45) is 5.92 Å². The molecule has 1 aromatic carbocycles. The fraction of sp³-hybridized carbons (Fsp3) is 0.375. The van der Waals surface area contributed by atoms with Crippen LogP contribution < -0.4 is 10.1 Å². The molecule has 5 nitrogen and oxygen atoms in total. The van der Waals surface area contributed by atoms with Gasteiger partial charge >= 0.3 is 0 Å². The highest BCUT2D eigenvalue weighted by Gasteiger charge is 2.25. The van der Waals surface area contributed by atoms with E-state index >= 15 is 0 Å². The molecule has 5 heteroatoms. The third-order valence-electron chi connectivity index (χ3n) is 3.93. The van der Waals surface area contributed by atoms with Crippen molar-refractivity contribution in [1.82, 2.24) is 9.55 Å². The lowest BCUT2D eigenvalue weighted by molar-refractivity contribution is -0.120. The topological polar surface area (TPSA) is 56.1 Å². The van der Waals surface area contributed by atoms with Crippen LogP contribution in [-0.2, 0) is 17.8 Å². The van der Waals surface area contributed by atoms with Gasteiger partial charge in [0.1, 0.15) is 11.6 Å². The van der Waals surface area contributed by atoms with E-state index in [0.717, 1.165) is 30.0 Å². The maximum atomic E-state index is 12.5. The van der Waals surface area contributed by atoms with Gasteiger partial charge in [0.05, 0.1) is 12.8 Å². The zero-order valence-electron chi connectivity index (χ0n) is 12.3. The molecule has 110 valence electrons. The predicted molar refractivity (Wildman–Crippen MR) is 80.4 cm³/mol. The SMILES string of the molecule is COc1ccc(C)cc1NC(=O)C1CCn2ccnc2C1. The Kier molecular flexibility index (Phi) is 3.64. The van der Waals surface area contributed by atoms with Gasteiger partial charge in [-0.2, -0.15) is 0 Å². The summed E-state index contributed by atoms with van der Waals surface area (Å²) in [6.45, 7) is 2.84. The second kappa shape index (κ2) is 5.60. The Morgan fingerprint density at radius 2 is 2.33 bits per heavy atom. The van der Waals surface area contributed by atoms with Crippen molar-refractivity contribution in [3.05, 3.63) is 42.0 Å². The molecule has 0 aliphatic carbocycles. The van der Waals surface area contributed by atoms with E-state index in [1.807, 2.05) is 31.3 Å². The summed E-state index contributed by atoms with van der Waals surface area (Å²) >= 11 is 0. The van der Waals surface area contributed by atoms with E-state index in [1.54, 1.807) is 13.3 Å². The first kappa shape index (κ1) is 13.7. The predicted octanol–water partition coefficient (Wildman–Crippen LogP) is 2.40. The third kappa shape index (κ3) is 2.77. The van der Waals surface area contributed by atoms with Gasteiger partial charge in [-0.1, -0.05) is 6.07 Å². The molecule has 2 heterocycles. The lowest BCUT2D eigenvalue weighted by atomic mass is 9.96. The van der Waals surface area contributed by atoms with E-state index in [0.29, 0.717) is 12.2 Å². The van der Waals surface area contributed by atoms with Crippen LogP contribution in [0, 0.1) is 12.8 Å². The fourth-order valence-electron chi connectivity index (χ4n) is 2.73. The summed E-state index contributed by atoms with van der Waals surface area (Å²) in [6, 6.07) is 5.77. The van der Waals surface area contributed by atoms with Crippen LogP contribution in [0.25, 0.3) is 0 Å². The molecular formula is C16H19N3O2. The Morgan fingerprint density at radius 3 is 3.14 bits per heavy atom. The number of rotatable bonds is 3. The highest BCUT2D eigenvalue weighted by molar-refractivity contribution is 5.94. The molecule has 0 saturated heterocycles. The Morgan fingerprint density at radius 1 is 1.48 bits per heavy atom. The average Bonchev–Trinajstić information content (AvgIpc) is 2.94. The van der Waals surface area contributed by atoms with Gasteiger partial charge < -0.3 is 14.6 Å². The first-order chi connectivity index (χ1) is 10.2. The van der Waals surface area contributed by atoms with E-state index in [-0.39, 0.29) is 11.8 Å². The molecule has 1 amide bonds. The van der Waals surface area contributed by atoms with Crippen LogP contribution in [-0.4, -0.2) is 22.6 Å². The molecule has 0 fully saturated rings. The smallest absolute Gasteiger partial charge is 0.228 e. The number of aryl methyl sites for hydroxylation is 2. The molecule has 1 N–H and O–H groups in total. The zero-order chi connectivity index (χ0) is 14.8. The number of methoxy groups -OCH3 is 1. The number of nitrogens with zero attached hydrogens (tertiary/aromatic N) is 2. The fourth-order valence-corrected chi connectivity index (χ4v) is 2.73. The van der Waals surface area contributed by atoms with Crippen molar-refractivity contribution < 1.29 is 9.53 Å². The molecule has 0 radical (unpaired) electrons.